The molecule has 1 fully saturated rings. The number of nitrogens with one attached hydrogen (secondary N) is 1. The average molecular weight is 466 g/mol. The number of piperidine rings is 1. The number of carbonyl (C=O) groups excluding carboxylic acids is 3. The van der Waals surface area contributed by atoms with Gasteiger partial charge < -0.3 is 15.0 Å². The highest BCUT2D eigenvalue weighted by Crippen LogP contribution is 2.22. The van der Waals surface area contributed by atoms with E-state index in [1.165, 1.54) is 0 Å². The Kier molecular flexibility index (Phi) is 12.1. The Morgan fingerprint density at radius 1 is 1.12 bits per heavy atom. The molecule has 2 amide bonds. The summed E-state index contributed by atoms with van der Waals surface area (Å²) >= 11 is 0. The predicted molar refractivity (Wildman–Crippen MR) is 133 cm³/mol. The molecule has 0 saturated carbocycles. The number of amides is 2. The molecule has 0 bridgehead atoms. The molecule has 1 aliphatic rings. The Labute approximate surface area is 201 Å². The van der Waals surface area contributed by atoms with Gasteiger partial charge in [0.25, 0.3) is 0 Å². The molecule has 4 unspecified atom stereocenters. The fourth-order valence-corrected chi connectivity index (χ4v) is 4.45. The van der Waals surface area contributed by atoms with E-state index in [0.717, 1.165) is 32.2 Å². The lowest BCUT2D eigenvalue weighted by atomic mass is 9.93. The fourth-order valence-electron chi connectivity index (χ4n) is 4.45. The Hall–Kier alpha value is -1.89. The minimum absolute atomic E-state index is 0.0623. The summed E-state index contributed by atoms with van der Waals surface area (Å²) in [4.78, 5) is 43.0. The Balaban J connectivity index is 3.10. The molecule has 1 N–H and O–H groups in total. The van der Waals surface area contributed by atoms with Crippen molar-refractivity contribution in [2.75, 3.05) is 20.2 Å². The highest BCUT2D eigenvalue weighted by atomic mass is 16.5. The van der Waals surface area contributed by atoms with Crippen LogP contribution in [-0.2, 0) is 19.1 Å². The summed E-state index contributed by atoms with van der Waals surface area (Å²) in [5, 5.41) is 3.08. The van der Waals surface area contributed by atoms with Crippen LogP contribution >= 0.6 is 0 Å². The van der Waals surface area contributed by atoms with Crippen LogP contribution in [0.1, 0.15) is 81.1 Å². The number of hydrogen-bond acceptors (Lipinski definition) is 5. The average Bonchev–Trinajstić information content (AvgIpc) is 2.79. The molecule has 0 spiro atoms. The van der Waals surface area contributed by atoms with Gasteiger partial charge in [-0.3, -0.25) is 14.5 Å². The van der Waals surface area contributed by atoms with Gasteiger partial charge in [0.05, 0.1) is 18.7 Å². The van der Waals surface area contributed by atoms with E-state index in [2.05, 4.69) is 37.9 Å². The van der Waals surface area contributed by atoms with Crippen LogP contribution in [0.2, 0.25) is 0 Å². The molecule has 7 heteroatoms. The number of esters is 1. The van der Waals surface area contributed by atoms with Crippen LogP contribution < -0.4 is 5.32 Å². The highest BCUT2D eigenvalue weighted by molar-refractivity contribution is 5.91. The van der Waals surface area contributed by atoms with Crippen molar-refractivity contribution in [3.8, 4) is 0 Å². The van der Waals surface area contributed by atoms with Gasteiger partial charge in [-0.15, -0.1) is 0 Å². The normalized spacial score (nSPS) is 20.3. The lowest BCUT2D eigenvalue weighted by Gasteiger charge is -2.39. The van der Waals surface area contributed by atoms with Crippen molar-refractivity contribution in [1.29, 1.82) is 0 Å². The minimum atomic E-state index is -0.624. The van der Waals surface area contributed by atoms with E-state index < -0.39 is 6.04 Å². The molecule has 1 saturated heterocycles. The first-order chi connectivity index (χ1) is 15.5. The van der Waals surface area contributed by atoms with Crippen LogP contribution in [0.25, 0.3) is 0 Å². The third-order valence-electron chi connectivity index (χ3n) is 6.78. The van der Waals surface area contributed by atoms with Crippen molar-refractivity contribution in [2.24, 2.45) is 11.8 Å². The monoisotopic (exact) mass is 465 g/mol. The topological polar surface area (TPSA) is 79.0 Å². The number of nitrogens with zero attached hydrogens (tertiary/aromatic N) is 2. The summed E-state index contributed by atoms with van der Waals surface area (Å²) in [5.74, 6) is -0.494. The van der Waals surface area contributed by atoms with Gasteiger partial charge in [0.1, 0.15) is 6.04 Å². The van der Waals surface area contributed by atoms with Crippen LogP contribution in [0.4, 0.5) is 0 Å². The zero-order valence-electron chi connectivity index (χ0n) is 22.3. The second-order valence-corrected chi connectivity index (χ2v) is 9.97. The van der Waals surface area contributed by atoms with Gasteiger partial charge in [-0.05, 0) is 58.9 Å². The summed E-state index contributed by atoms with van der Waals surface area (Å²) in [6, 6.07) is -0.815. The molecule has 0 radical (unpaired) electrons. The summed E-state index contributed by atoms with van der Waals surface area (Å²) in [6.07, 6.45) is 5.61. The van der Waals surface area contributed by atoms with Gasteiger partial charge >= 0.3 is 5.97 Å². The van der Waals surface area contributed by atoms with Crippen molar-refractivity contribution in [3.05, 3.63) is 11.6 Å². The highest BCUT2D eigenvalue weighted by Gasteiger charge is 2.36. The van der Waals surface area contributed by atoms with Gasteiger partial charge in [0.2, 0.25) is 11.8 Å². The van der Waals surface area contributed by atoms with Crippen LogP contribution in [0.5, 0.6) is 0 Å². The smallest absolute Gasteiger partial charge is 0.333 e. The van der Waals surface area contributed by atoms with Crippen molar-refractivity contribution < 1.29 is 19.1 Å². The molecule has 0 aliphatic carbocycles. The van der Waals surface area contributed by atoms with Crippen LogP contribution in [0, 0.1) is 11.8 Å². The molecule has 7 nitrogen and oxygen atoms in total. The maximum absolute atomic E-state index is 13.6. The third kappa shape index (κ3) is 8.13. The Bertz CT molecular complexity index is 689. The molecule has 33 heavy (non-hydrogen) atoms. The second-order valence-electron chi connectivity index (χ2n) is 9.97. The molecule has 0 aromatic carbocycles. The van der Waals surface area contributed by atoms with Crippen LogP contribution in [-0.4, -0.2) is 72.0 Å². The molecule has 0 aromatic rings. The lowest BCUT2D eigenvalue weighted by molar-refractivity contribution is -0.140. The number of ether oxygens (including phenoxy) is 1. The first-order valence-corrected chi connectivity index (χ1v) is 12.6. The van der Waals surface area contributed by atoms with Crippen LogP contribution in [0.3, 0.4) is 0 Å². The molecule has 0 aromatic heterocycles. The maximum atomic E-state index is 13.6. The summed E-state index contributed by atoms with van der Waals surface area (Å²) < 4.78 is 5.12. The van der Waals surface area contributed by atoms with Gasteiger partial charge in [0.15, 0.2) is 0 Å². The SMILES string of the molecule is CCOC(=O)/C(C)=C/C(C(C)CC)N(C)C(=O)C(NC(=O)C1CCCCN1C(C)C)C(C)C. The third-order valence-corrected chi connectivity index (χ3v) is 6.78. The zero-order chi connectivity index (χ0) is 25.3. The summed E-state index contributed by atoms with van der Waals surface area (Å²) in [6.45, 7) is 17.0. The quantitative estimate of drug-likeness (QED) is 0.371. The number of likely N-dealkylation sites (N-methyl/N-ethyl adjacent to an activating group) is 1. The second kappa shape index (κ2) is 13.7. The number of rotatable bonds is 11. The van der Waals surface area contributed by atoms with Gasteiger partial charge in [-0.25, -0.2) is 4.79 Å². The number of carbonyl (C=O) groups is 3. The Morgan fingerprint density at radius 3 is 2.27 bits per heavy atom. The van der Waals surface area contributed by atoms with Crippen molar-refractivity contribution >= 4 is 17.8 Å². The molecular weight excluding hydrogens is 418 g/mol. The largest absolute Gasteiger partial charge is 0.463 e. The lowest BCUT2D eigenvalue weighted by Crippen LogP contribution is -2.58. The zero-order valence-corrected chi connectivity index (χ0v) is 22.3. The van der Waals surface area contributed by atoms with E-state index in [0.29, 0.717) is 12.2 Å². The van der Waals surface area contributed by atoms with E-state index in [9.17, 15) is 14.4 Å². The first kappa shape index (κ1) is 29.1. The van der Waals surface area contributed by atoms with E-state index in [-0.39, 0.29) is 47.7 Å². The number of hydrogen-bond donors (Lipinski definition) is 1. The van der Waals surface area contributed by atoms with Crippen molar-refractivity contribution in [1.82, 2.24) is 15.1 Å². The molecule has 4 atom stereocenters. The van der Waals surface area contributed by atoms with E-state index >= 15 is 0 Å². The van der Waals surface area contributed by atoms with Gasteiger partial charge in [-0.2, -0.15) is 0 Å². The molecule has 190 valence electrons. The molecule has 1 heterocycles. The Morgan fingerprint density at radius 2 is 1.76 bits per heavy atom. The summed E-state index contributed by atoms with van der Waals surface area (Å²) in [5.41, 5.74) is 0.488. The fraction of sp³-hybridized carbons (Fsp3) is 0.808. The summed E-state index contributed by atoms with van der Waals surface area (Å²) in [7, 11) is 1.76. The van der Waals surface area contributed by atoms with Crippen molar-refractivity contribution in [3.63, 3.8) is 0 Å². The molecular formula is C26H47N3O4. The van der Waals surface area contributed by atoms with E-state index in [1.807, 2.05) is 19.9 Å². The van der Waals surface area contributed by atoms with Gasteiger partial charge in [-0.1, -0.05) is 46.6 Å². The van der Waals surface area contributed by atoms with Gasteiger partial charge in [0, 0.05) is 18.7 Å². The minimum Gasteiger partial charge on any atom is -0.463 e. The van der Waals surface area contributed by atoms with E-state index in [1.54, 1.807) is 25.8 Å². The maximum Gasteiger partial charge on any atom is 0.333 e. The predicted octanol–water partition coefficient (Wildman–Crippen LogP) is 3.77. The van der Waals surface area contributed by atoms with E-state index in [4.69, 9.17) is 4.74 Å². The standard InChI is InChI=1S/C26H47N3O4/c1-10-19(7)22(16-20(8)26(32)33-11-2)28(9)25(31)23(17(3)4)27-24(30)21-14-12-13-15-29(21)18(5)6/h16-19,21-23H,10-15H2,1-9H3,(H,27,30)/b20-16+. The first-order valence-electron chi connectivity index (χ1n) is 12.6. The molecule has 1 rings (SSSR count). The van der Waals surface area contributed by atoms with Crippen LogP contribution in [0.15, 0.2) is 11.6 Å². The van der Waals surface area contributed by atoms with Crippen molar-refractivity contribution in [2.45, 2.75) is 105 Å². The number of likely N-dealkylation sites (tertiary alicyclic amines) is 1. The molecule has 1 aliphatic heterocycles.